The molecule has 1 fully saturated rings. The van der Waals surface area contributed by atoms with Crippen molar-refractivity contribution in [3.05, 3.63) is 82.1 Å². The van der Waals surface area contributed by atoms with E-state index in [1.807, 2.05) is 0 Å². The van der Waals surface area contributed by atoms with Gasteiger partial charge in [0.2, 0.25) is 11.8 Å². The van der Waals surface area contributed by atoms with Gasteiger partial charge in [-0.1, -0.05) is 17.7 Å². The van der Waals surface area contributed by atoms with Crippen molar-refractivity contribution in [1.29, 1.82) is 0 Å². The van der Waals surface area contributed by atoms with E-state index in [1.54, 1.807) is 36.1 Å². The molecular formula is C26H25ClFN5O5. The van der Waals surface area contributed by atoms with Gasteiger partial charge in [0.1, 0.15) is 11.6 Å². The Morgan fingerprint density at radius 3 is 2.58 bits per heavy atom. The van der Waals surface area contributed by atoms with Crippen LogP contribution in [0.3, 0.4) is 0 Å². The Labute approximate surface area is 222 Å². The standard InChI is InChI=1S/C26H25ClFN5O5/c1-2-38-26(37)19-14-32(15-23(34)31-22-9-6-16(27)12-29-22)13-18(19)25(36)30-21-8-7-17(11-20(21)28)33-10-4-3-5-24(33)35/h3-12,18-19H,2,13-15H2,1H3,(H,30,36)(H,29,31,34)/t18-,19-/m0/s1. The second-order valence-corrected chi connectivity index (χ2v) is 9.07. The van der Waals surface area contributed by atoms with Crippen molar-refractivity contribution in [3.63, 3.8) is 0 Å². The molecule has 3 heterocycles. The molecule has 38 heavy (non-hydrogen) atoms. The lowest BCUT2D eigenvalue weighted by atomic mass is 9.95. The number of pyridine rings is 2. The van der Waals surface area contributed by atoms with Gasteiger partial charge in [0.05, 0.1) is 41.4 Å². The highest BCUT2D eigenvalue weighted by Crippen LogP contribution is 2.27. The smallest absolute Gasteiger partial charge is 0.311 e. The van der Waals surface area contributed by atoms with E-state index in [0.717, 1.165) is 6.07 Å². The van der Waals surface area contributed by atoms with Crippen molar-refractivity contribution in [2.24, 2.45) is 11.8 Å². The van der Waals surface area contributed by atoms with Crippen molar-refractivity contribution in [3.8, 4) is 5.69 Å². The Balaban J connectivity index is 1.45. The summed E-state index contributed by atoms with van der Waals surface area (Å²) in [7, 11) is 0. The highest BCUT2D eigenvalue weighted by molar-refractivity contribution is 6.30. The monoisotopic (exact) mass is 541 g/mol. The molecule has 10 nitrogen and oxygen atoms in total. The number of hydrogen-bond donors (Lipinski definition) is 2. The molecule has 0 bridgehead atoms. The van der Waals surface area contributed by atoms with Gasteiger partial charge in [0.15, 0.2) is 0 Å². The van der Waals surface area contributed by atoms with Crippen LogP contribution in [0.5, 0.6) is 0 Å². The molecule has 0 aliphatic carbocycles. The van der Waals surface area contributed by atoms with Crippen LogP contribution < -0.4 is 16.2 Å². The largest absolute Gasteiger partial charge is 0.466 e. The molecule has 3 aromatic rings. The highest BCUT2D eigenvalue weighted by Gasteiger charge is 2.43. The van der Waals surface area contributed by atoms with Crippen molar-refractivity contribution >= 4 is 40.9 Å². The van der Waals surface area contributed by atoms with Crippen LogP contribution in [0.25, 0.3) is 5.69 Å². The Kier molecular flexibility index (Phi) is 8.49. The second-order valence-electron chi connectivity index (χ2n) is 8.63. The first-order valence-corrected chi connectivity index (χ1v) is 12.2. The maximum absolute atomic E-state index is 14.9. The lowest BCUT2D eigenvalue weighted by Crippen LogP contribution is -2.34. The molecule has 0 saturated carbocycles. The van der Waals surface area contributed by atoms with Crippen molar-refractivity contribution in [2.45, 2.75) is 6.92 Å². The summed E-state index contributed by atoms with van der Waals surface area (Å²) < 4.78 is 21.3. The van der Waals surface area contributed by atoms with Gasteiger partial charge in [0, 0.05) is 37.6 Å². The fourth-order valence-electron chi connectivity index (χ4n) is 4.22. The molecular weight excluding hydrogens is 517 g/mol. The molecule has 2 aromatic heterocycles. The maximum Gasteiger partial charge on any atom is 0.311 e. The maximum atomic E-state index is 14.9. The normalized spacial score (nSPS) is 17.1. The second kappa shape index (κ2) is 12.0. The summed E-state index contributed by atoms with van der Waals surface area (Å²) >= 11 is 5.81. The van der Waals surface area contributed by atoms with Crippen LogP contribution in [0.15, 0.2) is 65.7 Å². The molecule has 1 aliphatic heterocycles. The van der Waals surface area contributed by atoms with Crippen LogP contribution in [0.2, 0.25) is 5.02 Å². The Hall–Kier alpha value is -4.09. The summed E-state index contributed by atoms with van der Waals surface area (Å²) in [5.41, 5.74) is -0.137. The fraction of sp³-hybridized carbons (Fsp3) is 0.269. The molecule has 0 radical (unpaired) electrons. The van der Waals surface area contributed by atoms with Gasteiger partial charge < -0.3 is 15.4 Å². The fourth-order valence-corrected chi connectivity index (χ4v) is 4.34. The van der Waals surface area contributed by atoms with E-state index >= 15 is 0 Å². The number of halogens is 2. The van der Waals surface area contributed by atoms with Crippen molar-refractivity contribution < 1.29 is 23.5 Å². The predicted octanol–water partition coefficient (Wildman–Crippen LogP) is 2.71. The number of hydrogen-bond acceptors (Lipinski definition) is 7. The number of aromatic nitrogens is 2. The van der Waals surface area contributed by atoms with Crippen LogP contribution in [-0.2, 0) is 19.1 Å². The van der Waals surface area contributed by atoms with Crippen molar-refractivity contribution in [1.82, 2.24) is 14.5 Å². The molecule has 2 atom stereocenters. The van der Waals surface area contributed by atoms with E-state index < -0.39 is 29.5 Å². The van der Waals surface area contributed by atoms with E-state index in [-0.39, 0.29) is 43.4 Å². The molecule has 12 heteroatoms. The summed E-state index contributed by atoms with van der Waals surface area (Å²) in [4.78, 5) is 56.0. The number of nitrogens with one attached hydrogen (secondary N) is 2. The van der Waals surface area contributed by atoms with Gasteiger partial charge in [-0.3, -0.25) is 28.6 Å². The van der Waals surface area contributed by atoms with Crippen LogP contribution in [0.1, 0.15) is 6.92 Å². The third-order valence-corrected chi connectivity index (χ3v) is 6.22. The molecule has 0 unspecified atom stereocenters. The number of anilines is 2. The zero-order valence-electron chi connectivity index (χ0n) is 20.4. The zero-order valence-corrected chi connectivity index (χ0v) is 21.2. The molecule has 1 aliphatic rings. The minimum absolute atomic E-state index is 0.0793. The average molecular weight is 542 g/mol. The Bertz CT molecular complexity index is 1400. The number of ether oxygens (including phenoxy) is 1. The number of rotatable bonds is 8. The van der Waals surface area contributed by atoms with E-state index in [1.165, 1.54) is 35.2 Å². The van der Waals surface area contributed by atoms with Crippen LogP contribution >= 0.6 is 11.6 Å². The molecule has 2 amide bonds. The lowest BCUT2D eigenvalue weighted by molar-refractivity contribution is -0.150. The first kappa shape index (κ1) is 27.0. The SMILES string of the molecule is CCOC(=O)[C@H]1CN(CC(=O)Nc2ccc(Cl)cn2)C[C@@H]1C(=O)Nc1ccc(-n2ccccc2=O)cc1F. The number of amides is 2. The van der Waals surface area contributed by atoms with E-state index in [0.29, 0.717) is 16.5 Å². The van der Waals surface area contributed by atoms with Gasteiger partial charge in [-0.2, -0.15) is 0 Å². The number of nitrogens with zero attached hydrogens (tertiary/aromatic N) is 3. The summed E-state index contributed by atoms with van der Waals surface area (Å²) in [6.07, 6.45) is 2.90. The lowest BCUT2D eigenvalue weighted by Gasteiger charge is -2.17. The number of likely N-dealkylation sites (tertiary alicyclic amines) is 1. The highest BCUT2D eigenvalue weighted by atomic mass is 35.5. The quantitative estimate of drug-likeness (QED) is 0.420. The Morgan fingerprint density at radius 1 is 1.11 bits per heavy atom. The van der Waals surface area contributed by atoms with Crippen LogP contribution in [0.4, 0.5) is 15.9 Å². The summed E-state index contributed by atoms with van der Waals surface area (Å²) in [6, 6.07) is 11.7. The minimum atomic E-state index is -0.883. The van der Waals surface area contributed by atoms with E-state index in [9.17, 15) is 23.6 Å². The third kappa shape index (κ3) is 6.42. The zero-order chi connectivity index (χ0) is 27.2. The van der Waals surface area contributed by atoms with Gasteiger partial charge in [-0.15, -0.1) is 0 Å². The predicted molar refractivity (Wildman–Crippen MR) is 139 cm³/mol. The number of esters is 1. The number of benzene rings is 1. The van der Waals surface area contributed by atoms with E-state index in [4.69, 9.17) is 16.3 Å². The van der Waals surface area contributed by atoms with Gasteiger partial charge >= 0.3 is 5.97 Å². The summed E-state index contributed by atoms with van der Waals surface area (Å²) in [5.74, 6) is -3.71. The average Bonchev–Trinajstić information content (AvgIpc) is 3.31. The summed E-state index contributed by atoms with van der Waals surface area (Å²) in [6.45, 7) is 1.87. The topological polar surface area (TPSA) is 123 Å². The molecule has 2 N–H and O–H groups in total. The van der Waals surface area contributed by atoms with Crippen LogP contribution in [0, 0.1) is 17.7 Å². The first-order valence-electron chi connectivity index (χ1n) is 11.8. The minimum Gasteiger partial charge on any atom is -0.466 e. The Morgan fingerprint density at radius 2 is 1.89 bits per heavy atom. The number of carbonyl (C=O) groups is 3. The molecule has 0 spiro atoms. The number of carbonyl (C=O) groups excluding carboxylic acids is 3. The molecule has 1 aromatic carbocycles. The van der Waals surface area contributed by atoms with Gasteiger partial charge in [-0.25, -0.2) is 9.37 Å². The third-order valence-electron chi connectivity index (χ3n) is 5.99. The first-order chi connectivity index (χ1) is 18.2. The van der Waals surface area contributed by atoms with E-state index in [2.05, 4.69) is 15.6 Å². The summed E-state index contributed by atoms with van der Waals surface area (Å²) in [5, 5.41) is 5.60. The van der Waals surface area contributed by atoms with Crippen molar-refractivity contribution in [2.75, 3.05) is 36.9 Å². The van der Waals surface area contributed by atoms with Gasteiger partial charge in [0.25, 0.3) is 5.56 Å². The molecule has 1 saturated heterocycles. The van der Waals surface area contributed by atoms with Crippen LogP contribution in [-0.4, -0.2) is 58.5 Å². The molecule has 198 valence electrons. The molecule has 4 rings (SSSR count). The van der Waals surface area contributed by atoms with Gasteiger partial charge in [-0.05, 0) is 37.3 Å².